The number of carboxylic acids is 1. The monoisotopic (exact) mass is 632 g/mol. The van der Waals surface area contributed by atoms with Gasteiger partial charge in [-0.2, -0.15) is 0 Å². The van der Waals surface area contributed by atoms with Gasteiger partial charge in [-0.1, -0.05) is 58.5 Å². The van der Waals surface area contributed by atoms with Crippen LogP contribution in [0.3, 0.4) is 0 Å². The standard InChI is InChI=1S/C26H32Cl4N6O4/c27-18-5-3-16(20(29)12-18)7-10-35(15-24(38)39)23(37)14-36(11-8-17-4-6-19(28)13-21(17)30)25(40)22(31)2-1-9-34-26(32)33/h3-6,12-13,22H,1-2,7-11,14-15,31H2,(H,38,39)(H4,32,33,34). The highest BCUT2D eigenvalue weighted by Crippen LogP contribution is 2.23. The Bertz CT molecular complexity index is 1230. The van der Waals surface area contributed by atoms with Crippen molar-refractivity contribution in [2.24, 2.45) is 22.2 Å². The van der Waals surface area contributed by atoms with Gasteiger partial charge in [-0.25, -0.2) is 0 Å². The molecule has 2 aromatic carbocycles. The van der Waals surface area contributed by atoms with Gasteiger partial charge in [-0.15, -0.1) is 0 Å². The van der Waals surface area contributed by atoms with Crippen LogP contribution in [0.4, 0.5) is 0 Å². The molecule has 0 aliphatic rings. The molecule has 0 aromatic heterocycles. The second-order valence-corrected chi connectivity index (χ2v) is 10.7. The average Bonchev–Trinajstić information content (AvgIpc) is 2.87. The van der Waals surface area contributed by atoms with E-state index in [1.807, 2.05) is 0 Å². The lowest BCUT2D eigenvalue weighted by molar-refractivity contribution is -0.146. The summed E-state index contributed by atoms with van der Waals surface area (Å²) < 4.78 is 0. The first-order valence-electron chi connectivity index (χ1n) is 12.3. The van der Waals surface area contributed by atoms with Gasteiger partial charge in [0.15, 0.2) is 5.96 Å². The molecule has 14 heteroatoms. The maximum absolute atomic E-state index is 13.3. The molecule has 0 spiro atoms. The number of halogens is 4. The van der Waals surface area contributed by atoms with Gasteiger partial charge in [0.25, 0.3) is 0 Å². The van der Waals surface area contributed by atoms with Crippen LogP contribution in [0.5, 0.6) is 0 Å². The molecule has 40 heavy (non-hydrogen) atoms. The van der Waals surface area contributed by atoms with Crippen LogP contribution < -0.4 is 17.2 Å². The number of hydrogen-bond acceptors (Lipinski definition) is 5. The van der Waals surface area contributed by atoms with Gasteiger partial charge >= 0.3 is 5.97 Å². The Morgan fingerprint density at radius 2 is 1.38 bits per heavy atom. The summed E-state index contributed by atoms with van der Waals surface area (Å²) in [4.78, 5) is 44.5. The minimum absolute atomic E-state index is 0.0576. The summed E-state index contributed by atoms with van der Waals surface area (Å²) in [5, 5.41) is 11.2. The Morgan fingerprint density at radius 3 is 1.85 bits per heavy atom. The van der Waals surface area contributed by atoms with Crippen LogP contribution in [-0.4, -0.2) is 77.4 Å². The molecule has 0 radical (unpaired) electrons. The number of nitrogens with two attached hydrogens (primary N) is 3. The van der Waals surface area contributed by atoms with Crippen molar-refractivity contribution in [3.05, 3.63) is 67.6 Å². The predicted molar refractivity (Wildman–Crippen MR) is 159 cm³/mol. The summed E-state index contributed by atoms with van der Waals surface area (Å²) in [5.74, 6) is -2.29. The van der Waals surface area contributed by atoms with Crippen LogP contribution >= 0.6 is 46.4 Å². The number of benzene rings is 2. The van der Waals surface area contributed by atoms with Crippen LogP contribution in [0.1, 0.15) is 24.0 Å². The highest BCUT2D eigenvalue weighted by Gasteiger charge is 2.26. The number of aliphatic imine (C=N–C) groups is 1. The minimum Gasteiger partial charge on any atom is -0.480 e. The van der Waals surface area contributed by atoms with Crippen molar-refractivity contribution in [2.75, 3.05) is 32.7 Å². The molecule has 1 atom stereocenters. The molecule has 0 saturated heterocycles. The Labute approximate surface area is 253 Å². The maximum Gasteiger partial charge on any atom is 0.323 e. The third kappa shape index (κ3) is 11.4. The van der Waals surface area contributed by atoms with Crippen molar-refractivity contribution in [2.45, 2.75) is 31.7 Å². The van der Waals surface area contributed by atoms with Crippen molar-refractivity contribution in [1.82, 2.24) is 9.80 Å². The molecule has 7 N–H and O–H groups in total. The van der Waals surface area contributed by atoms with Gasteiger partial charge in [0.05, 0.1) is 12.6 Å². The number of aliphatic carboxylic acids is 1. The highest BCUT2D eigenvalue weighted by molar-refractivity contribution is 6.35. The summed E-state index contributed by atoms with van der Waals surface area (Å²) in [5.41, 5.74) is 18.2. The van der Waals surface area contributed by atoms with E-state index in [9.17, 15) is 19.5 Å². The normalized spacial score (nSPS) is 11.5. The lowest BCUT2D eigenvalue weighted by Gasteiger charge is -2.29. The first kappa shape index (κ1) is 33.4. The zero-order valence-electron chi connectivity index (χ0n) is 21.7. The molecule has 218 valence electrons. The number of rotatable bonds is 15. The predicted octanol–water partition coefficient (Wildman–Crippen LogP) is 3.21. The van der Waals surface area contributed by atoms with E-state index >= 15 is 0 Å². The summed E-state index contributed by atoms with van der Waals surface area (Å²) in [6.07, 6.45) is 1.32. The largest absolute Gasteiger partial charge is 0.480 e. The molecule has 0 fully saturated rings. The second kappa shape index (κ2) is 16.5. The first-order chi connectivity index (χ1) is 18.9. The molecule has 0 aliphatic carbocycles. The van der Waals surface area contributed by atoms with Gasteiger partial charge in [-0.05, 0) is 61.1 Å². The number of carboxylic acid groups (broad SMARTS) is 1. The fourth-order valence-electron chi connectivity index (χ4n) is 3.82. The quantitative estimate of drug-likeness (QED) is 0.133. The van der Waals surface area contributed by atoms with E-state index in [2.05, 4.69) is 4.99 Å². The number of hydrogen-bond donors (Lipinski definition) is 4. The Hall–Kier alpha value is -2.76. The number of amides is 2. The minimum atomic E-state index is -1.20. The lowest BCUT2D eigenvalue weighted by atomic mass is 10.1. The third-order valence-corrected chi connectivity index (χ3v) is 7.11. The second-order valence-electron chi connectivity index (χ2n) is 9.00. The SMILES string of the molecule is NC(N)=NCCCC(N)C(=O)N(CCc1ccc(Cl)cc1Cl)CC(=O)N(CCc1ccc(Cl)cc1Cl)CC(=O)O. The molecule has 1 unspecified atom stereocenters. The fourth-order valence-corrected chi connectivity index (χ4v) is 4.83. The van der Waals surface area contributed by atoms with Crippen molar-refractivity contribution in [1.29, 1.82) is 0 Å². The van der Waals surface area contributed by atoms with Crippen molar-refractivity contribution >= 4 is 70.1 Å². The molecule has 10 nitrogen and oxygen atoms in total. The van der Waals surface area contributed by atoms with Crippen LogP contribution in [0.2, 0.25) is 20.1 Å². The van der Waals surface area contributed by atoms with Crippen LogP contribution in [0, 0.1) is 0 Å². The number of nitrogens with zero attached hydrogens (tertiary/aromatic N) is 3. The zero-order valence-corrected chi connectivity index (χ0v) is 24.7. The van der Waals surface area contributed by atoms with Crippen LogP contribution in [0.25, 0.3) is 0 Å². The molecule has 0 heterocycles. The van der Waals surface area contributed by atoms with E-state index in [1.165, 1.54) is 4.90 Å². The molecular formula is C26H32Cl4N6O4. The molecule has 2 amide bonds. The number of carbonyl (C=O) groups excluding carboxylic acids is 2. The number of guanidine groups is 1. The Morgan fingerprint density at radius 1 is 0.850 bits per heavy atom. The smallest absolute Gasteiger partial charge is 0.323 e. The topological polar surface area (TPSA) is 168 Å². The van der Waals surface area contributed by atoms with E-state index in [0.29, 0.717) is 45.0 Å². The Kier molecular flexibility index (Phi) is 13.8. The van der Waals surface area contributed by atoms with Gasteiger partial charge in [-0.3, -0.25) is 19.4 Å². The maximum atomic E-state index is 13.3. The summed E-state index contributed by atoms with van der Waals surface area (Å²) in [6.45, 7) is -0.477. The van der Waals surface area contributed by atoms with E-state index in [0.717, 1.165) is 10.5 Å². The van der Waals surface area contributed by atoms with Crippen molar-refractivity contribution in [3.63, 3.8) is 0 Å². The van der Waals surface area contributed by atoms with Crippen LogP contribution in [0.15, 0.2) is 41.4 Å². The summed E-state index contributed by atoms with van der Waals surface area (Å²) in [6, 6.07) is 9.00. The van der Waals surface area contributed by atoms with Gasteiger partial charge in [0, 0.05) is 39.7 Å². The Balaban J connectivity index is 2.19. The van der Waals surface area contributed by atoms with Gasteiger partial charge in [0.1, 0.15) is 6.54 Å². The summed E-state index contributed by atoms with van der Waals surface area (Å²) in [7, 11) is 0. The van der Waals surface area contributed by atoms with Crippen molar-refractivity contribution in [3.8, 4) is 0 Å². The highest BCUT2D eigenvalue weighted by atomic mass is 35.5. The van der Waals surface area contributed by atoms with E-state index in [1.54, 1.807) is 36.4 Å². The van der Waals surface area contributed by atoms with Crippen LogP contribution in [-0.2, 0) is 27.2 Å². The third-order valence-electron chi connectivity index (χ3n) is 5.93. The van der Waals surface area contributed by atoms with E-state index in [-0.39, 0.29) is 38.4 Å². The molecule has 0 aliphatic heterocycles. The van der Waals surface area contributed by atoms with Gasteiger partial charge in [0.2, 0.25) is 11.8 Å². The first-order valence-corrected chi connectivity index (χ1v) is 13.9. The summed E-state index contributed by atoms with van der Waals surface area (Å²) >= 11 is 24.5. The zero-order chi connectivity index (χ0) is 29.8. The molecule has 2 rings (SSSR count). The van der Waals surface area contributed by atoms with Gasteiger partial charge < -0.3 is 32.1 Å². The molecule has 2 aromatic rings. The average molecular weight is 634 g/mol. The number of carbonyl (C=O) groups is 3. The van der Waals surface area contributed by atoms with E-state index < -0.39 is 30.4 Å². The molecule has 0 bridgehead atoms. The van der Waals surface area contributed by atoms with E-state index in [4.69, 9.17) is 63.6 Å². The van der Waals surface area contributed by atoms with Crippen molar-refractivity contribution < 1.29 is 19.5 Å². The molecule has 0 saturated carbocycles. The fraction of sp³-hybridized carbons (Fsp3) is 0.385. The lowest BCUT2D eigenvalue weighted by Crippen LogP contribution is -2.50. The molecular weight excluding hydrogens is 602 g/mol.